The number of carbonyl (C=O) groups excluding carboxylic acids is 1. The van der Waals surface area contributed by atoms with Crippen molar-refractivity contribution in [1.82, 2.24) is 20.5 Å². The molecule has 0 spiro atoms. The minimum atomic E-state index is -0.169. The third kappa shape index (κ3) is 3.59. The van der Waals surface area contributed by atoms with Crippen molar-refractivity contribution in [2.45, 2.75) is 18.2 Å². The summed E-state index contributed by atoms with van der Waals surface area (Å²) in [6.07, 6.45) is 1.84. The van der Waals surface area contributed by atoms with Gasteiger partial charge in [-0.15, -0.1) is 10.2 Å². The number of hydrogen-bond acceptors (Lipinski definition) is 7. The van der Waals surface area contributed by atoms with Crippen molar-refractivity contribution < 1.29 is 18.7 Å². The van der Waals surface area contributed by atoms with Crippen molar-refractivity contribution in [1.29, 1.82) is 0 Å². The fraction of sp³-hybridized carbons (Fsp3) is 0.190. The molecule has 2 aromatic carbocycles. The van der Waals surface area contributed by atoms with Crippen LogP contribution in [0.25, 0.3) is 22.4 Å². The van der Waals surface area contributed by atoms with Crippen LogP contribution in [0.5, 0.6) is 11.5 Å². The Kier molecular flexibility index (Phi) is 4.80. The SMILES string of the molecule is C[C@H](NC(=O)CSc1nnc(-c2c[nH]c3ccccc23)o1)c1ccc2c(c1)OCO2. The van der Waals surface area contributed by atoms with Crippen LogP contribution in [0.4, 0.5) is 0 Å². The van der Waals surface area contributed by atoms with Gasteiger partial charge in [0.25, 0.3) is 11.1 Å². The number of fused-ring (bicyclic) bond motifs is 2. The number of aromatic nitrogens is 3. The van der Waals surface area contributed by atoms with E-state index in [4.69, 9.17) is 13.9 Å². The van der Waals surface area contributed by atoms with Crippen molar-refractivity contribution in [3.63, 3.8) is 0 Å². The van der Waals surface area contributed by atoms with E-state index >= 15 is 0 Å². The standard InChI is InChI=1S/C21H18N4O4S/c1-12(13-6-7-17-18(8-13)28-11-27-17)23-19(26)10-30-21-25-24-20(29-21)15-9-22-16-5-3-2-4-14(15)16/h2-9,12,22H,10-11H2,1H3,(H,23,26)/t12-/m0/s1. The molecule has 0 saturated carbocycles. The molecule has 5 rings (SSSR count). The smallest absolute Gasteiger partial charge is 0.277 e. The van der Waals surface area contributed by atoms with Gasteiger partial charge in [0.2, 0.25) is 12.7 Å². The summed E-state index contributed by atoms with van der Waals surface area (Å²) in [5.41, 5.74) is 2.78. The highest BCUT2D eigenvalue weighted by Gasteiger charge is 2.18. The molecule has 4 aromatic rings. The van der Waals surface area contributed by atoms with E-state index in [1.807, 2.05) is 55.6 Å². The predicted molar refractivity (Wildman–Crippen MR) is 111 cm³/mol. The summed E-state index contributed by atoms with van der Waals surface area (Å²) in [7, 11) is 0. The number of ether oxygens (including phenoxy) is 2. The first-order valence-corrected chi connectivity index (χ1v) is 10.4. The van der Waals surface area contributed by atoms with E-state index in [0.29, 0.717) is 16.9 Å². The monoisotopic (exact) mass is 422 g/mol. The quantitative estimate of drug-likeness (QED) is 0.454. The van der Waals surface area contributed by atoms with E-state index in [0.717, 1.165) is 27.8 Å². The number of amides is 1. The summed E-state index contributed by atoms with van der Waals surface area (Å²) in [5.74, 6) is 1.87. The van der Waals surface area contributed by atoms with Gasteiger partial charge in [0.1, 0.15) is 0 Å². The Morgan fingerprint density at radius 1 is 1.20 bits per heavy atom. The van der Waals surface area contributed by atoms with Crippen molar-refractivity contribution in [3.05, 3.63) is 54.2 Å². The van der Waals surface area contributed by atoms with Gasteiger partial charge in [-0.3, -0.25) is 4.79 Å². The maximum atomic E-state index is 12.4. The lowest BCUT2D eigenvalue weighted by atomic mass is 10.1. The van der Waals surface area contributed by atoms with Crippen LogP contribution in [0.1, 0.15) is 18.5 Å². The Hall–Kier alpha value is -3.46. The average Bonchev–Trinajstić information content (AvgIpc) is 3.50. The Balaban J connectivity index is 1.20. The lowest BCUT2D eigenvalue weighted by Gasteiger charge is -2.14. The first-order chi connectivity index (χ1) is 14.7. The summed E-state index contributed by atoms with van der Waals surface area (Å²) in [6.45, 7) is 2.14. The minimum Gasteiger partial charge on any atom is -0.454 e. The Morgan fingerprint density at radius 2 is 2.07 bits per heavy atom. The Bertz CT molecular complexity index is 1220. The van der Waals surface area contributed by atoms with Gasteiger partial charge in [0, 0.05) is 17.1 Å². The fourth-order valence-electron chi connectivity index (χ4n) is 3.30. The first kappa shape index (κ1) is 18.6. The molecule has 0 fully saturated rings. The molecular weight excluding hydrogens is 404 g/mol. The molecule has 1 aliphatic rings. The highest BCUT2D eigenvalue weighted by atomic mass is 32.2. The molecule has 0 unspecified atom stereocenters. The number of nitrogens with one attached hydrogen (secondary N) is 2. The van der Waals surface area contributed by atoms with Crippen LogP contribution in [0.3, 0.4) is 0 Å². The molecule has 0 radical (unpaired) electrons. The van der Waals surface area contributed by atoms with Crippen LogP contribution in [0.2, 0.25) is 0 Å². The van der Waals surface area contributed by atoms with E-state index in [-0.39, 0.29) is 24.5 Å². The summed E-state index contributed by atoms with van der Waals surface area (Å²) >= 11 is 1.20. The lowest BCUT2D eigenvalue weighted by Crippen LogP contribution is -2.28. The largest absolute Gasteiger partial charge is 0.454 e. The Labute approximate surface area is 176 Å². The van der Waals surface area contributed by atoms with Crippen molar-refractivity contribution in [3.8, 4) is 23.0 Å². The number of benzene rings is 2. The van der Waals surface area contributed by atoms with Crippen LogP contribution in [-0.4, -0.2) is 33.6 Å². The zero-order valence-corrected chi connectivity index (χ0v) is 16.9. The zero-order valence-electron chi connectivity index (χ0n) is 16.0. The van der Waals surface area contributed by atoms with Crippen LogP contribution in [0, 0.1) is 0 Å². The number of nitrogens with zero attached hydrogens (tertiary/aromatic N) is 2. The fourth-order valence-corrected chi connectivity index (χ4v) is 3.88. The minimum absolute atomic E-state index is 0.128. The summed E-state index contributed by atoms with van der Waals surface area (Å²) < 4.78 is 16.4. The number of H-pyrrole nitrogens is 1. The summed E-state index contributed by atoms with van der Waals surface area (Å²) in [5, 5.41) is 12.5. The maximum Gasteiger partial charge on any atom is 0.277 e. The summed E-state index contributed by atoms with van der Waals surface area (Å²) in [4.78, 5) is 15.5. The summed E-state index contributed by atoms with van der Waals surface area (Å²) in [6, 6.07) is 13.4. The number of aromatic amines is 1. The lowest BCUT2D eigenvalue weighted by molar-refractivity contribution is -0.119. The molecule has 152 valence electrons. The number of carbonyl (C=O) groups is 1. The second kappa shape index (κ2) is 7.75. The van der Waals surface area contributed by atoms with Crippen LogP contribution in [-0.2, 0) is 4.79 Å². The van der Waals surface area contributed by atoms with Crippen LogP contribution in [0.15, 0.2) is 58.3 Å². The number of para-hydroxylation sites is 1. The molecule has 0 bridgehead atoms. The average molecular weight is 422 g/mol. The van der Waals surface area contributed by atoms with Crippen LogP contribution >= 0.6 is 11.8 Å². The highest BCUT2D eigenvalue weighted by Crippen LogP contribution is 2.34. The first-order valence-electron chi connectivity index (χ1n) is 9.39. The number of hydrogen-bond donors (Lipinski definition) is 2. The van der Waals surface area contributed by atoms with E-state index < -0.39 is 0 Å². The molecule has 1 atom stereocenters. The third-order valence-electron chi connectivity index (χ3n) is 4.83. The number of thioether (sulfide) groups is 1. The van der Waals surface area contributed by atoms with E-state index in [2.05, 4.69) is 20.5 Å². The van der Waals surface area contributed by atoms with Crippen molar-refractivity contribution in [2.75, 3.05) is 12.5 Å². The van der Waals surface area contributed by atoms with Gasteiger partial charge in [-0.1, -0.05) is 36.0 Å². The molecule has 1 aliphatic heterocycles. The van der Waals surface area contributed by atoms with Gasteiger partial charge >= 0.3 is 0 Å². The molecule has 2 N–H and O–H groups in total. The normalized spacial score (nSPS) is 13.5. The second-order valence-corrected chi connectivity index (χ2v) is 7.74. The molecular formula is C21H18N4O4S. The molecule has 8 nitrogen and oxygen atoms in total. The van der Waals surface area contributed by atoms with E-state index in [1.54, 1.807) is 0 Å². The van der Waals surface area contributed by atoms with Crippen LogP contribution < -0.4 is 14.8 Å². The van der Waals surface area contributed by atoms with Crippen molar-refractivity contribution >= 4 is 28.6 Å². The van der Waals surface area contributed by atoms with Gasteiger partial charge in [-0.2, -0.15) is 0 Å². The van der Waals surface area contributed by atoms with Gasteiger partial charge in [0.05, 0.1) is 17.4 Å². The Morgan fingerprint density at radius 3 is 3.00 bits per heavy atom. The second-order valence-electron chi connectivity index (χ2n) is 6.81. The van der Waals surface area contributed by atoms with Gasteiger partial charge in [-0.05, 0) is 30.7 Å². The zero-order chi connectivity index (χ0) is 20.5. The van der Waals surface area contributed by atoms with E-state index in [9.17, 15) is 4.79 Å². The topological polar surface area (TPSA) is 102 Å². The molecule has 3 heterocycles. The molecule has 0 aliphatic carbocycles. The predicted octanol–water partition coefficient (Wildman–Crippen LogP) is 3.92. The maximum absolute atomic E-state index is 12.4. The number of rotatable bonds is 6. The third-order valence-corrected chi connectivity index (χ3v) is 5.65. The molecule has 0 saturated heterocycles. The highest BCUT2D eigenvalue weighted by molar-refractivity contribution is 7.99. The van der Waals surface area contributed by atoms with E-state index in [1.165, 1.54) is 11.8 Å². The van der Waals surface area contributed by atoms with Gasteiger partial charge in [0.15, 0.2) is 11.5 Å². The van der Waals surface area contributed by atoms with Gasteiger partial charge in [-0.25, -0.2) is 0 Å². The molecule has 1 amide bonds. The molecule has 30 heavy (non-hydrogen) atoms. The molecule has 2 aromatic heterocycles. The van der Waals surface area contributed by atoms with Gasteiger partial charge < -0.3 is 24.2 Å². The molecule has 9 heteroatoms. The van der Waals surface area contributed by atoms with Crippen molar-refractivity contribution in [2.24, 2.45) is 0 Å².